The number of esters is 2. The van der Waals surface area contributed by atoms with Gasteiger partial charge in [0.2, 0.25) is 0 Å². The third kappa shape index (κ3) is 4.52. The lowest BCUT2D eigenvalue weighted by Crippen LogP contribution is -2.46. The smallest absolute Gasteiger partial charge is 0.338 e. The van der Waals surface area contributed by atoms with E-state index in [4.69, 9.17) is 9.47 Å². The van der Waals surface area contributed by atoms with E-state index in [1.54, 1.807) is 12.1 Å². The van der Waals surface area contributed by atoms with Crippen molar-refractivity contribution in [1.82, 2.24) is 0 Å². The van der Waals surface area contributed by atoms with Crippen LogP contribution in [0.3, 0.4) is 0 Å². The standard InChI is InChI=1S/C25H30O4/c1-18(2)17-28-24(27)25(19(3)20-11-6-4-7-12-20)16-10-15-22(25)29-23(26)21-13-8-5-9-14-21/h4-9,11-14,18-19,22H,10,15-17H2,1-3H3. The minimum absolute atomic E-state index is 0.126. The van der Waals surface area contributed by atoms with Crippen LogP contribution in [-0.2, 0) is 14.3 Å². The van der Waals surface area contributed by atoms with Crippen LogP contribution >= 0.6 is 0 Å². The van der Waals surface area contributed by atoms with Crippen LogP contribution in [0.4, 0.5) is 0 Å². The molecule has 0 radical (unpaired) electrons. The second-order valence-corrected chi connectivity index (χ2v) is 8.32. The Morgan fingerprint density at radius 1 is 1.00 bits per heavy atom. The Balaban J connectivity index is 1.92. The van der Waals surface area contributed by atoms with Crippen molar-refractivity contribution in [3.8, 4) is 0 Å². The second-order valence-electron chi connectivity index (χ2n) is 8.32. The number of rotatable bonds is 7. The molecule has 1 aliphatic rings. The van der Waals surface area contributed by atoms with Crippen molar-refractivity contribution in [1.29, 1.82) is 0 Å². The molecule has 0 heterocycles. The molecule has 0 aromatic heterocycles. The van der Waals surface area contributed by atoms with Gasteiger partial charge in [-0.15, -0.1) is 0 Å². The van der Waals surface area contributed by atoms with Gasteiger partial charge in [-0.1, -0.05) is 69.3 Å². The molecule has 0 spiro atoms. The fraction of sp³-hybridized carbons (Fsp3) is 0.440. The highest BCUT2D eigenvalue weighted by Crippen LogP contribution is 2.51. The van der Waals surface area contributed by atoms with Crippen molar-refractivity contribution in [2.45, 2.75) is 52.1 Å². The van der Waals surface area contributed by atoms with Crippen LogP contribution in [0, 0.1) is 11.3 Å². The maximum Gasteiger partial charge on any atom is 0.338 e. The Labute approximate surface area is 173 Å². The Morgan fingerprint density at radius 2 is 1.62 bits per heavy atom. The summed E-state index contributed by atoms with van der Waals surface area (Å²) in [5.74, 6) is -0.529. The van der Waals surface area contributed by atoms with Crippen LogP contribution in [-0.4, -0.2) is 24.6 Å². The molecule has 0 bridgehead atoms. The van der Waals surface area contributed by atoms with Gasteiger partial charge in [0.05, 0.1) is 12.2 Å². The van der Waals surface area contributed by atoms with Crippen LogP contribution < -0.4 is 0 Å². The van der Waals surface area contributed by atoms with Gasteiger partial charge in [-0.25, -0.2) is 4.79 Å². The molecule has 4 nitrogen and oxygen atoms in total. The van der Waals surface area contributed by atoms with Gasteiger partial charge in [-0.3, -0.25) is 4.79 Å². The van der Waals surface area contributed by atoms with E-state index < -0.39 is 17.5 Å². The average Bonchev–Trinajstić information content (AvgIpc) is 3.17. The number of hydrogen-bond acceptors (Lipinski definition) is 4. The van der Waals surface area contributed by atoms with Crippen molar-refractivity contribution in [2.75, 3.05) is 6.61 Å². The summed E-state index contributed by atoms with van der Waals surface area (Å²) in [6.07, 6.45) is 1.62. The molecule has 0 saturated heterocycles. The molecule has 2 aromatic rings. The van der Waals surface area contributed by atoms with E-state index in [-0.39, 0.29) is 17.8 Å². The van der Waals surface area contributed by atoms with Crippen LogP contribution in [0.15, 0.2) is 60.7 Å². The van der Waals surface area contributed by atoms with Crippen molar-refractivity contribution in [3.63, 3.8) is 0 Å². The largest absolute Gasteiger partial charge is 0.465 e. The molecule has 3 unspecified atom stereocenters. The first-order valence-electron chi connectivity index (χ1n) is 10.4. The molecule has 0 N–H and O–H groups in total. The zero-order chi connectivity index (χ0) is 20.9. The van der Waals surface area contributed by atoms with Crippen LogP contribution in [0.5, 0.6) is 0 Å². The molecule has 1 saturated carbocycles. The molecule has 0 aliphatic heterocycles. The molecule has 4 heteroatoms. The summed E-state index contributed by atoms with van der Waals surface area (Å²) < 4.78 is 11.7. The number of hydrogen-bond donors (Lipinski definition) is 0. The minimum atomic E-state index is -0.874. The molecule has 3 atom stereocenters. The third-order valence-electron chi connectivity index (χ3n) is 5.89. The zero-order valence-corrected chi connectivity index (χ0v) is 17.5. The summed E-state index contributed by atoms with van der Waals surface area (Å²) in [6.45, 7) is 6.44. The number of benzene rings is 2. The van der Waals surface area contributed by atoms with Crippen molar-refractivity contribution in [3.05, 3.63) is 71.8 Å². The Kier molecular flexibility index (Phi) is 6.73. The summed E-state index contributed by atoms with van der Waals surface area (Å²) in [4.78, 5) is 26.2. The Bertz CT molecular complexity index is 815. The van der Waals surface area contributed by atoms with Gasteiger partial charge in [0.15, 0.2) is 0 Å². The Morgan fingerprint density at radius 3 is 2.24 bits per heavy atom. The fourth-order valence-electron chi connectivity index (χ4n) is 4.26. The molecule has 154 valence electrons. The van der Waals surface area contributed by atoms with Gasteiger partial charge in [-0.2, -0.15) is 0 Å². The lowest BCUT2D eigenvalue weighted by atomic mass is 9.70. The first-order valence-corrected chi connectivity index (χ1v) is 10.4. The van der Waals surface area contributed by atoms with Crippen molar-refractivity contribution < 1.29 is 19.1 Å². The second kappa shape index (κ2) is 9.25. The zero-order valence-electron chi connectivity index (χ0n) is 17.5. The van der Waals surface area contributed by atoms with Gasteiger partial charge in [0, 0.05) is 5.92 Å². The van der Waals surface area contributed by atoms with Crippen molar-refractivity contribution in [2.24, 2.45) is 11.3 Å². The molecular weight excluding hydrogens is 364 g/mol. The van der Waals surface area contributed by atoms with E-state index in [9.17, 15) is 9.59 Å². The maximum atomic E-state index is 13.4. The average molecular weight is 395 g/mol. The molecule has 3 rings (SSSR count). The highest BCUT2D eigenvalue weighted by molar-refractivity contribution is 5.90. The van der Waals surface area contributed by atoms with Gasteiger partial charge >= 0.3 is 11.9 Å². The van der Waals surface area contributed by atoms with E-state index >= 15 is 0 Å². The monoisotopic (exact) mass is 394 g/mol. The molecule has 2 aromatic carbocycles. The predicted octanol–water partition coefficient (Wildman–Crippen LogP) is 5.39. The van der Waals surface area contributed by atoms with Gasteiger partial charge in [0.25, 0.3) is 0 Å². The number of carbonyl (C=O) groups excluding carboxylic acids is 2. The summed E-state index contributed by atoms with van der Waals surface area (Å²) >= 11 is 0. The van der Waals surface area contributed by atoms with Crippen LogP contribution in [0.25, 0.3) is 0 Å². The first-order chi connectivity index (χ1) is 13.9. The minimum Gasteiger partial charge on any atom is -0.465 e. The van der Waals surface area contributed by atoms with Gasteiger partial charge < -0.3 is 9.47 Å². The van der Waals surface area contributed by atoms with E-state index in [1.165, 1.54) is 0 Å². The van der Waals surface area contributed by atoms with E-state index in [0.29, 0.717) is 25.0 Å². The summed E-state index contributed by atoms with van der Waals surface area (Å²) in [7, 11) is 0. The molecular formula is C25H30O4. The number of ether oxygens (including phenoxy) is 2. The first kappa shape index (κ1) is 21.1. The summed E-state index contributed by atoms with van der Waals surface area (Å²) in [6, 6.07) is 18.9. The highest BCUT2D eigenvalue weighted by atomic mass is 16.6. The SMILES string of the molecule is CC(C)COC(=O)C1(C(C)c2ccccc2)CCCC1OC(=O)c1ccccc1. The molecule has 29 heavy (non-hydrogen) atoms. The van der Waals surface area contributed by atoms with Gasteiger partial charge in [-0.05, 0) is 42.9 Å². The molecule has 1 fully saturated rings. The normalized spacial score (nSPS) is 22.3. The maximum absolute atomic E-state index is 13.4. The third-order valence-corrected chi connectivity index (χ3v) is 5.89. The topological polar surface area (TPSA) is 52.6 Å². The van der Waals surface area contributed by atoms with Crippen LogP contribution in [0.1, 0.15) is 61.9 Å². The lowest BCUT2D eigenvalue weighted by Gasteiger charge is -2.38. The molecule has 0 amide bonds. The summed E-state index contributed by atoms with van der Waals surface area (Å²) in [5.41, 5.74) is 0.675. The van der Waals surface area contributed by atoms with Crippen molar-refractivity contribution >= 4 is 11.9 Å². The lowest BCUT2D eigenvalue weighted by molar-refractivity contribution is -0.165. The Hall–Kier alpha value is -2.62. The summed E-state index contributed by atoms with van der Waals surface area (Å²) in [5, 5.41) is 0. The van der Waals surface area contributed by atoms with E-state index in [1.807, 2.05) is 69.3 Å². The fourth-order valence-corrected chi connectivity index (χ4v) is 4.26. The van der Waals surface area contributed by atoms with E-state index in [0.717, 1.165) is 12.0 Å². The van der Waals surface area contributed by atoms with E-state index in [2.05, 4.69) is 0 Å². The quantitative estimate of drug-likeness (QED) is 0.591. The van der Waals surface area contributed by atoms with Crippen LogP contribution in [0.2, 0.25) is 0 Å². The highest BCUT2D eigenvalue weighted by Gasteiger charge is 2.56. The number of carbonyl (C=O) groups is 2. The van der Waals surface area contributed by atoms with Gasteiger partial charge in [0.1, 0.15) is 11.5 Å². The predicted molar refractivity (Wildman–Crippen MR) is 113 cm³/mol. The molecule has 1 aliphatic carbocycles.